The number of thioether (sulfide) groups is 1. The Labute approximate surface area is 170 Å². The molecule has 1 aliphatic heterocycles. The minimum atomic E-state index is -3.54. The second-order valence-electron chi connectivity index (χ2n) is 6.63. The first kappa shape index (κ1) is 20.8. The summed E-state index contributed by atoms with van der Waals surface area (Å²) in [6.45, 7) is 2.34. The Kier molecular flexibility index (Phi) is 7.03. The number of hydrogen-bond donors (Lipinski definition) is 2. The van der Waals surface area contributed by atoms with Gasteiger partial charge in [0.05, 0.1) is 0 Å². The topological polar surface area (TPSA) is 85.5 Å². The number of carbonyl (C=O) groups is 1. The predicted octanol–water partition coefficient (Wildman–Crippen LogP) is 2.01. The molecule has 1 saturated heterocycles. The van der Waals surface area contributed by atoms with Gasteiger partial charge in [-0.15, -0.1) is 0 Å². The molecule has 2 N–H and O–H groups in total. The van der Waals surface area contributed by atoms with Crippen LogP contribution in [-0.4, -0.2) is 68.3 Å². The highest BCUT2D eigenvalue weighted by molar-refractivity contribution is 7.99. The lowest BCUT2D eigenvalue weighted by Crippen LogP contribution is -2.37. The van der Waals surface area contributed by atoms with Gasteiger partial charge in [0.15, 0.2) is 0 Å². The lowest BCUT2D eigenvalue weighted by Gasteiger charge is -2.24. The Hall–Kier alpha value is -1.97. The quantitative estimate of drug-likeness (QED) is 0.636. The maximum absolute atomic E-state index is 12.7. The summed E-state index contributed by atoms with van der Waals surface area (Å²) in [4.78, 5) is 17.4. The van der Waals surface area contributed by atoms with Crippen molar-refractivity contribution in [1.29, 1.82) is 0 Å². The molecule has 3 rings (SSSR count). The molecule has 9 heteroatoms. The first-order valence-electron chi connectivity index (χ1n) is 9.29. The van der Waals surface area contributed by atoms with Gasteiger partial charge in [-0.3, -0.25) is 4.79 Å². The second kappa shape index (κ2) is 9.49. The molecule has 1 fully saturated rings. The number of nitrogens with zero attached hydrogens (tertiary/aromatic N) is 2. The molecule has 28 heavy (non-hydrogen) atoms. The summed E-state index contributed by atoms with van der Waals surface area (Å²) in [7, 11) is -1.53. The number of benzene rings is 1. The average Bonchev–Trinajstić information content (AvgIpc) is 3.23. The summed E-state index contributed by atoms with van der Waals surface area (Å²) >= 11 is 1.75. The number of para-hydroxylation sites is 1. The molecule has 0 aliphatic carbocycles. The predicted molar refractivity (Wildman–Crippen MR) is 114 cm³/mol. The molecule has 0 unspecified atom stereocenters. The van der Waals surface area contributed by atoms with Crippen LogP contribution in [0.25, 0.3) is 0 Å². The summed E-state index contributed by atoms with van der Waals surface area (Å²) in [6.07, 6.45) is 2.18. The summed E-state index contributed by atoms with van der Waals surface area (Å²) in [6, 6.07) is 11.5. The van der Waals surface area contributed by atoms with Gasteiger partial charge in [0, 0.05) is 56.6 Å². The lowest BCUT2D eigenvalue weighted by atomic mass is 10.3. The minimum absolute atomic E-state index is 0.147. The van der Waals surface area contributed by atoms with Crippen LogP contribution in [0.2, 0.25) is 0 Å². The van der Waals surface area contributed by atoms with Crippen LogP contribution in [0.15, 0.2) is 47.5 Å². The fourth-order valence-corrected chi connectivity index (χ4v) is 5.59. The van der Waals surface area contributed by atoms with Gasteiger partial charge in [-0.1, -0.05) is 18.2 Å². The van der Waals surface area contributed by atoms with E-state index in [1.54, 1.807) is 11.8 Å². The van der Waals surface area contributed by atoms with Crippen molar-refractivity contribution in [2.45, 2.75) is 11.3 Å². The van der Waals surface area contributed by atoms with E-state index in [0.29, 0.717) is 19.6 Å². The van der Waals surface area contributed by atoms with E-state index in [2.05, 4.69) is 15.2 Å². The third-order valence-electron chi connectivity index (χ3n) is 4.66. The van der Waals surface area contributed by atoms with E-state index >= 15 is 0 Å². The van der Waals surface area contributed by atoms with Crippen LogP contribution in [-0.2, 0) is 10.0 Å². The molecule has 1 aliphatic rings. The molecule has 0 radical (unpaired) electrons. The van der Waals surface area contributed by atoms with Crippen LogP contribution in [0.4, 0.5) is 5.69 Å². The Morgan fingerprint density at radius 1 is 1.25 bits per heavy atom. The third-order valence-corrected chi connectivity index (χ3v) is 7.48. The number of rotatable bonds is 8. The van der Waals surface area contributed by atoms with E-state index in [4.69, 9.17) is 0 Å². The van der Waals surface area contributed by atoms with Gasteiger partial charge in [-0.05, 0) is 24.6 Å². The van der Waals surface area contributed by atoms with E-state index in [0.717, 1.165) is 30.2 Å². The van der Waals surface area contributed by atoms with Crippen molar-refractivity contribution in [2.75, 3.05) is 49.6 Å². The molecular weight excluding hydrogens is 396 g/mol. The standard InChI is InChI=1S/C19H26N4O3S2/c1-22(16-6-3-2-4-7-16)9-5-8-20-19(24)18-14-17(15-21-18)28(25,26)23-10-12-27-13-11-23/h2-4,6-7,14-15,21H,5,8-13H2,1H3,(H,20,24). The molecule has 0 atom stereocenters. The number of aromatic amines is 1. The van der Waals surface area contributed by atoms with E-state index < -0.39 is 10.0 Å². The van der Waals surface area contributed by atoms with E-state index in [1.807, 2.05) is 37.4 Å². The van der Waals surface area contributed by atoms with Crippen molar-refractivity contribution in [1.82, 2.24) is 14.6 Å². The monoisotopic (exact) mass is 422 g/mol. The smallest absolute Gasteiger partial charge is 0.267 e. The van der Waals surface area contributed by atoms with Crippen molar-refractivity contribution in [3.05, 3.63) is 48.3 Å². The molecule has 1 aromatic heterocycles. The number of anilines is 1. The fraction of sp³-hybridized carbons (Fsp3) is 0.421. The Bertz CT molecular complexity index is 878. The number of carbonyl (C=O) groups excluding carboxylic acids is 1. The van der Waals surface area contributed by atoms with Crippen molar-refractivity contribution >= 4 is 33.4 Å². The van der Waals surface area contributed by atoms with Crippen LogP contribution < -0.4 is 10.2 Å². The van der Waals surface area contributed by atoms with Crippen LogP contribution in [0, 0.1) is 0 Å². The summed E-state index contributed by atoms with van der Waals surface area (Å²) in [5, 5.41) is 2.84. The zero-order chi connectivity index (χ0) is 20.0. The maximum Gasteiger partial charge on any atom is 0.267 e. The highest BCUT2D eigenvalue weighted by atomic mass is 32.2. The van der Waals surface area contributed by atoms with E-state index in [1.165, 1.54) is 16.6 Å². The van der Waals surface area contributed by atoms with Gasteiger partial charge in [0.25, 0.3) is 5.91 Å². The fourth-order valence-electron chi connectivity index (χ4n) is 3.02. The molecule has 0 bridgehead atoms. The number of sulfonamides is 1. The van der Waals surface area contributed by atoms with Crippen LogP contribution >= 0.6 is 11.8 Å². The zero-order valence-corrected chi connectivity index (χ0v) is 17.6. The normalized spacial score (nSPS) is 15.3. The van der Waals surface area contributed by atoms with Gasteiger partial charge < -0.3 is 15.2 Å². The highest BCUT2D eigenvalue weighted by Crippen LogP contribution is 2.20. The van der Waals surface area contributed by atoms with Crippen molar-refractivity contribution < 1.29 is 13.2 Å². The second-order valence-corrected chi connectivity index (χ2v) is 9.79. The van der Waals surface area contributed by atoms with Crippen molar-refractivity contribution in [2.24, 2.45) is 0 Å². The molecule has 152 valence electrons. The summed E-state index contributed by atoms with van der Waals surface area (Å²) in [5.74, 6) is 1.31. The van der Waals surface area contributed by atoms with Crippen LogP contribution in [0.5, 0.6) is 0 Å². The largest absolute Gasteiger partial charge is 0.375 e. The van der Waals surface area contributed by atoms with Gasteiger partial charge in [0.2, 0.25) is 10.0 Å². The molecule has 7 nitrogen and oxygen atoms in total. The molecule has 1 amide bonds. The van der Waals surface area contributed by atoms with Gasteiger partial charge in [-0.2, -0.15) is 16.1 Å². The molecule has 2 aromatic rings. The first-order valence-corrected chi connectivity index (χ1v) is 11.9. The summed E-state index contributed by atoms with van der Waals surface area (Å²) < 4.78 is 26.8. The Morgan fingerprint density at radius 2 is 1.96 bits per heavy atom. The van der Waals surface area contributed by atoms with E-state index in [-0.39, 0.29) is 16.5 Å². The number of H-pyrrole nitrogens is 1. The number of nitrogens with one attached hydrogen (secondary N) is 2. The SMILES string of the molecule is CN(CCCNC(=O)c1cc(S(=O)(=O)N2CCSCC2)c[nH]1)c1ccccc1. The molecular formula is C19H26N4O3S2. The number of amides is 1. The molecule has 0 saturated carbocycles. The minimum Gasteiger partial charge on any atom is -0.375 e. The summed E-state index contributed by atoms with van der Waals surface area (Å²) in [5.41, 5.74) is 1.39. The number of hydrogen-bond acceptors (Lipinski definition) is 5. The number of aromatic nitrogens is 1. The molecule has 0 spiro atoms. The van der Waals surface area contributed by atoms with E-state index in [9.17, 15) is 13.2 Å². The van der Waals surface area contributed by atoms with Gasteiger partial charge >= 0.3 is 0 Å². The Balaban J connectivity index is 1.49. The molecule has 1 aromatic carbocycles. The van der Waals surface area contributed by atoms with Crippen LogP contribution in [0.1, 0.15) is 16.9 Å². The Morgan fingerprint density at radius 3 is 2.68 bits per heavy atom. The zero-order valence-electron chi connectivity index (χ0n) is 15.9. The first-order chi connectivity index (χ1) is 13.5. The lowest BCUT2D eigenvalue weighted by molar-refractivity contribution is 0.0949. The maximum atomic E-state index is 12.7. The third kappa shape index (κ3) is 5.09. The highest BCUT2D eigenvalue weighted by Gasteiger charge is 2.27. The van der Waals surface area contributed by atoms with Crippen LogP contribution in [0.3, 0.4) is 0 Å². The molecule has 2 heterocycles. The van der Waals surface area contributed by atoms with Crippen molar-refractivity contribution in [3.8, 4) is 0 Å². The van der Waals surface area contributed by atoms with Gasteiger partial charge in [0.1, 0.15) is 10.6 Å². The van der Waals surface area contributed by atoms with Crippen molar-refractivity contribution in [3.63, 3.8) is 0 Å². The average molecular weight is 423 g/mol. The van der Waals surface area contributed by atoms with Gasteiger partial charge in [-0.25, -0.2) is 8.42 Å².